The Hall–Kier alpha value is -3.44. The Morgan fingerprint density at radius 1 is 0.607 bits per heavy atom. The summed E-state index contributed by atoms with van der Waals surface area (Å²) in [6, 6.07) is 4.63. The molecule has 152 valence electrons. The quantitative estimate of drug-likeness (QED) is 0.308. The van der Waals surface area contributed by atoms with Gasteiger partial charge in [-0.3, -0.25) is 0 Å². The third-order valence-electron chi connectivity index (χ3n) is 3.05. The van der Waals surface area contributed by atoms with Gasteiger partial charge in [0.2, 0.25) is 0 Å². The van der Waals surface area contributed by atoms with Crippen LogP contribution in [0.3, 0.4) is 0 Å². The molecule has 0 unspecified atom stereocenters. The minimum absolute atomic E-state index is 0. The van der Waals surface area contributed by atoms with Crippen molar-refractivity contribution in [3.63, 3.8) is 0 Å². The molecule has 0 saturated carbocycles. The predicted octanol–water partition coefficient (Wildman–Crippen LogP) is -0.635. The van der Waals surface area contributed by atoms with Gasteiger partial charge < -0.3 is 15.6 Å². The van der Waals surface area contributed by atoms with Crippen molar-refractivity contribution in [3.8, 4) is 0 Å². The number of rotatable bonds is 0. The fraction of sp³-hybridized carbons (Fsp3) is 0.200. The maximum atomic E-state index is 10.4. The number of aromatic nitrogens is 6. The molecule has 0 atom stereocenters. The third kappa shape index (κ3) is 7.05. The molecule has 12 nitrogen and oxygen atoms in total. The minimum atomic E-state index is -0.644. The fourth-order valence-corrected chi connectivity index (χ4v) is 1.46. The van der Waals surface area contributed by atoms with Gasteiger partial charge in [-0.1, -0.05) is 0 Å². The van der Waals surface area contributed by atoms with Crippen molar-refractivity contribution in [2.24, 2.45) is 0 Å². The van der Waals surface area contributed by atoms with Gasteiger partial charge in [-0.15, -0.1) is 14.2 Å². The molecule has 0 aromatic carbocycles. The molecule has 0 fully saturated rings. The summed E-state index contributed by atoms with van der Waals surface area (Å²) in [5.41, 5.74) is -0.486. The van der Waals surface area contributed by atoms with Crippen molar-refractivity contribution in [3.05, 3.63) is 85.3 Å². The average Bonchev–Trinajstić information content (AvgIpc) is 2.63. The van der Waals surface area contributed by atoms with Crippen molar-refractivity contribution in [1.29, 1.82) is 0 Å². The van der Waals surface area contributed by atoms with E-state index in [1.54, 1.807) is 39.0 Å². The summed E-state index contributed by atoms with van der Waals surface area (Å²) in [5.74, 6) is 0. The van der Waals surface area contributed by atoms with E-state index in [-0.39, 0.29) is 17.1 Å². The molecule has 3 aromatic rings. The number of hydrogen-bond donors (Lipinski definition) is 3. The maximum absolute atomic E-state index is 10.4. The number of nitrogens with zero attached hydrogens (tertiary/aromatic N) is 6. The van der Waals surface area contributed by atoms with Gasteiger partial charge in [-0.25, -0.2) is 14.4 Å². The fourth-order valence-electron chi connectivity index (χ4n) is 1.46. The van der Waals surface area contributed by atoms with Crippen LogP contribution < -0.4 is 17.1 Å². The Balaban J connectivity index is 0.000000384. The van der Waals surface area contributed by atoms with Crippen LogP contribution in [0.4, 0.5) is 0 Å². The van der Waals surface area contributed by atoms with Crippen LogP contribution in [0.25, 0.3) is 0 Å². The van der Waals surface area contributed by atoms with Crippen LogP contribution in [-0.2, 0) is 17.1 Å². The van der Waals surface area contributed by atoms with Gasteiger partial charge >= 0.3 is 17.1 Å². The third-order valence-corrected chi connectivity index (χ3v) is 3.05. The molecule has 13 heteroatoms. The second kappa shape index (κ2) is 11.3. The van der Waals surface area contributed by atoms with E-state index in [2.05, 4.69) is 15.0 Å². The van der Waals surface area contributed by atoms with E-state index in [1.807, 2.05) is 0 Å². The SMILES string of the molecule is Cc1ccnc(=O)n1O.Cc1ccnc(=O)n1O.Cc1ccnc(=O)n1O.[Fe]. The molecule has 3 heterocycles. The Bertz CT molecular complexity index is 941. The molecular formula is C15H18FeN6O6. The van der Waals surface area contributed by atoms with Crippen molar-refractivity contribution >= 4 is 0 Å². The van der Waals surface area contributed by atoms with Gasteiger partial charge in [-0.2, -0.15) is 15.0 Å². The van der Waals surface area contributed by atoms with Gasteiger partial charge in [0.25, 0.3) is 0 Å². The van der Waals surface area contributed by atoms with Crippen LogP contribution in [0.5, 0.6) is 0 Å². The molecule has 0 radical (unpaired) electrons. The molecule has 0 bridgehead atoms. The summed E-state index contributed by atoms with van der Waals surface area (Å²) in [4.78, 5) is 41.2. The molecule has 3 rings (SSSR count). The molecule has 3 aromatic heterocycles. The van der Waals surface area contributed by atoms with Crippen molar-refractivity contribution in [2.45, 2.75) is 20.8 Å². The molecule has 0 amide bonds. The van der Waals surface area contributed by atoms with Crippen LogP contribution >= 0.6 is 0 Å². The van der Waals surface area contributed by atoms with E-state index < -0.39 is 17.1 Å². The number of aryl methyl sites for hydroxylation is 3. The second-order valence-corrected chi connectivity index (χ2v) is 5.04. The smallest absolute Gasteiger partial charge is 0.380 e. The van der Waals surface area contributed by atoms with Gasteiger partial charge in [0.05, 0.1) is 17.1 Å². The van der Waals surface area contributed by atoms with Crippen LogP contribution in [0, 0.1) is 20.8 Å². The van der Waals surface area contributed by atoms with Crippen molar-refractivity contribution in [1.82, 2.24) is 29.1 Å². The molecule has 0 aliphatic carbocycles. The summed E-state index contributed by atoms with van der Waals surface area (Å²) in [6.07, 6.45) is 4.05. The van der Waals surface area contributed by atoms with E-state index in [9.17, 15) is 14.4 Å². The molecule has 0 aliphatic heterocycles. The summed E-state index contributed by atoms with van der Waals surface area (Å²) in [6.45, 7) is 4.84. The Morgan fingerprint density at radius 2 is 0.821 bits per heavy atom. The zero-order valence-electron chi connectivity index (χ0n) is 15.1. The summed E-state index contributed by atoms with van der Waals surface area (Å²) < 4.78 is 1.50. The second-order valence-electron chi connectivity index (χ2n) is 5.04. The first-order chi connectivity index (χ1) is 12.6. The Kier molecular flexibility index (Phi) is 9.92. The van der Waals surface area contributed by atoms with E-state index in [0.717, 1.165) is 0 Å². The average molecular weight is 434 g/mol. The summed E-state index contributed by atoms with van der Waals surface area (Å²) in [7, 11) is 0. The molecule has 0 spiro atoms. The molecule has 0 aliphatic rings. The predicted molar refractivity (Wildman–Crippen MR) is 91.3 cm³/mol. The van der Waals surface area contributed by atoms with Crippen molar-refractivity contribution < 1.29 is 32.7 Å². The molecule has 0 saturated heterocycles. The van der Waals surface area contributed by atoms with E-state index in [1.165, 1.54) is 18.6 Å². The first kappa shape index (κ1) is 24.6. The van der Waals surface area contributed by atoms with Crippen LogP contribution in [0.15, 0.2) is 51.2 Å². The molecule has 3 N–H and O–H groups in total. The monoisotopic (exact) mass is 434 g/mol. The standard InChI is InChI=1S/3C5H6N2O2.Fe/c3*1-4-2-3-6-5(8)7(4)9;/h3*2-3,9H,1H3;. The van der Waals surface area contributed by atoms with Gasteiger partial charge in [0.1, 0.15) is 0 Å². The maximum Gasteiger partial charge on any atom is 0.380 e. The minimum Gasteiger partial charge on any atom is -0.424 e. The normalized spacial score (nSPS) is 9.11. The van der Waals surface area contributed by atoms with Crippen LogP contribution in [0.1, 0.15) is 17.1 Å². The summed E-state index contributed by atoms with van der Waals surface area (Å²) in [5, 5.41) is 26.2. The van der Waals surface area contributed by atoms with Crippen LogP contribution in [0.2, 0.25) is 0 Å². The molecular weight excluding hydrogens is 416 g/mol. The Morgan fingerprint density at radius 3 is 0.964 bits per heavy atom. The number of hydrogen-bond acceptors (Lipinski definition) is 9. The zero-order valence-corrected chi connectivity index (χ0v) is 16.2. The summed E-state index contributed by atoms with van der Waals surface area (Å²) >= 11 is 0. The molecule has 28 heavy (non-hydrogen) atoms. The Labute approximate surface area is 168 Å². The topological polar surface area (TPSA) is 165 Å². The van der Waals surface area contributed by atoms with E-state index in [4.69, 9.17) is 15.6 Å². The van der Waals surface area contributed by atoms with Crippen LogP contribution in [-0.4, -0.2) is 44.8 Å². The van der Waals surface area contributed by atoms with E-state index in [0.29, 0.717) is 31.3 Å². The van der Waals surface area contributed by atoms with E-state index >= 15 is 0 Å². The van der Waals surface area contributed by atoms with Gasteiger partial charge in [-0.05, 0) is 39.0 Å². The van der Waals surface area contributed by atoms with Gasteiger partial charge in [0.15, 0.2) is 0 Å². The first-order valence-electron chi connectivity index (χ1n) is 7.37. The zero-order chi connectivity index (χ0) is 20.6. The first-order valence-corrected chi connectivity index (χ1v) is 7.37. The van der Waals surface area contributed by atoms with Crippen molar-refractivity contribution in [2.75, 3.05) is 0 Å². The largest absolute Gasteiger partial charge is 0.424 e. The van der Waals surface area contributed by atoms with Gasteiger partial charge in [0, 0.05) is 35.7 Å².